The van der Waals surface area contributed by atoms with Crippen LogP contribution in [-0.4, -0.2) is 13.1 Å². The Hall–Kier alpha value is -1.60. The van der Waals surface area contributed by atoms with Crippen LogP contribution in [0.2, 0.25) is 0 Å². The lowest BCUT2D eigenvalue weighted by atomic mass is 9.71. The summed E-state index contributed by atoms with van der Waals surface area (Å²) in [6.45, 7) is 0. The Bertz CT molecular complexity index is 627. The third kappa shape index (κ3) is 2.11. The van der Waals surface area contributed by atoms with Crippen LogP contribution in [0.3, 0.4) is 0 Å². The van der Waals surface area contributed by atoms with Crippen molar-refractivity contribution in [2.45, 2.75) is 43.1 Å². The largest absolute Gasteiger partial charge is 0.316 e. The molecule has 1 nitrogen and oxygen atoms in total. The Morgan fingerprint density at radius 1 is 1.05 bits per heavy atom. The van der Waals surface area contributed by atoms with Gasteiger partial charge < -0.3 is 5.32 Å². The van der Waals surface area contributed by atoms with E-state index in [1.165, 1.54) is 31.2 Å². The lowest BCUT2D eigenvalue weighted by Gasteiger charge is -2.36. The van der Waals surface area contributed by atoms with Gasteiger partial charge in [0, 0.05) is 11.5 Å². The highest BCUT2D eigenvalue weighted by atomic mass is 14.9. The van der Waals surface area contributed by atoms with Gasteiger partial charge in [0.1, 0.15) is 0 Å². The molecule has 2 aliphatic carbocycles. The van der Waals surface area contributed by atoms with Crippen LogP contribution in [0, 0.1) is 0 Å². The van der Waals surface area contributed by atoms with Gasteiger partial charge in [-0.1, -0.05) is 54.6 Å². The second-order valence-electron chi connectivity index (χ2n) is 6.70. The molecule has 0 radical (unpaired) electrons. The Labute approximate surface area is 127 Å². The molecule has 2 aromatic rings. The van der Waals surface area contributed by atoms with Gasteiger partial charge in [0.2, 0.25) is 0 Å². The van der Waals surface area contributed by atoms with Crippen molar-refractivity contribution in [3.63, 3.8) is 0 Å². The highest BCUT2D eigenvalue weighted by Crippen LogP contribution is 2.53. The van der Waals surface area contributed by atoms with Crippen molar-refractivity contribution in [1.82, 2.24) is 5.32 Å². The van der Waals surface area contributed by atoms with E-state index in [2.05, 4.69) is 67.0 Å². The molecule has 0 heterocycles. The maximum Gasteiger partial charge on any atom is 0.0167 e. The molecule has 0 aliphatic heterocycles. The summed E-state index contributed by atoms with van der Waals surface area (Å²) in [6, 6.07) is 20.7. The van der Waals surface area contributed by atoms with Gasteiger partial charge in [0.15, 0.2) is 0 Å². The minimum atomic E-state index is 0.389. The number of benzene rings is 2. The molecule has 2 atom stereocenters. The normalized spacial score (nSPS) is 23.0. The van der Waals surface area contributed by atoms with E-state index in [-0.39, 0.29) is 0 Å². The summed E-state index contributed by atoms with van der Waals surface area (Å²) in [5.41, 5.74) is 5.06. The van der Waals surface area contributed by atoms with Crippen LogP contribution in [0.25, 0.3) is 0 Å². The van der Waals surface area contributed by atoms with Crippen molar-refractivity contribution in [3.8, 4) is 0 Å². The van der Waals surface area contributed by atoms with E-state index in [0.29, 0.717) is 11.5 Å². The molecule has 0 amide bonds. The van der Waals surface area contributed by atoms with Gasteiger partial charge in [-0.25, -0.2) is 0 Å². The molecule has 1 saturated carbocycles. The molecule has 1 N–H and O–H groups in total. The molecule has 2 aliphatic rings. The molecule has 0 spiro atoms. The second kappa shape index (κ2) is 4.99. The lowest BCUT2D eigenvalue weighted by molar-refractivity contribution is 0.371. The van der Waals surface area contributed by atoms with Crippen LogP contribution < -0.4 is 5.32 Å². The first kappa shape index (κ1) is 13.1. The van der Waals surface area contributed by atoms with Crippen molar-refractivity contribution in [3.05, 3.63) is 71.3 Å². The summed E-state index contributed by atoms with van der Waals surface area (Å²) in [5, 5.41) is 3.63. The zero-order valence-corrected chi connectivity index (χ0v) is 12.7. The number of likely N-dealkylation sites (N-methyl/N-ethyl adjacent to an activating group) is 1. The fourth-order valence-electron chi connectivity index (χ4n) is 4.22. The van der Waals surface area contributed by atoms with Gasteiger partial charge in [0.05, 0.1) is 0 Å². The van der Waals surface area contributed by atoms with Crippen LogP contribution in [0.1, 0.15) is 41.9 Å². The molecule has 1 heteroatoms. The summed E-state index contributed by atoms with van der Waals surface area (Å²) in [6.07, 6.45) is 5.19. The molecular formula is C20H23N. The molecule has 108 valence electrons. The van der Waals surface area contributed by atoms with Crippen molar-refractivity contribution in [2.75, 3.05) is 7.05 Å². The Balaban J connectivity index is 1.54. The third-order valence-corrected chi connectivity index (χ3v) is 5.63. The Kier molecular flexibility index (Phi) is 3.11. The van der Waals surface area contributed by atoms with Gasteiger partial charge >= 0.3 is 0 Å². The molecular weight excluding hydrogens is 254 g/mol. The van der Waals surface area contributed by atoms with Crippen LogP contribution in [-0.2, 0) is 11.8 Å². The first-order chi connectivity index (χ1) is 10.3. The van der Waals surface area contributed by atoms with Gasteiger partial charge in [-0.05, 0) is 55.3 Å². The molecule has 2 aromatic carbocycles. The number of rotatable bonds is 5. The molecule has 1 fully saturated rings. The van der Waals surface area contributed by atoms with Crippen molar-refractivity contribution < 1.29 is 0 Å². The first-order valence-corrected chi connectivity index (χ1v) is 8.14. The average molecular weight is 277 g/mol. The van der Waals surface area contributed by atoms with Gasteiger partial charge in [-0.3, -0.25) is 0 Å². The third-order valence-electron chi connectivity index (χ3n) is 5.63. The topological polar surface area (TPSA) is 12.0 Å². The summed E-state index contributed by atoms with van der Waals surface area (Å²) in [5.74, 6) is 0.750. The van der Waals surface area contributed by atoms with E-state index in [9.17, 15) is 0 Å². The summed E-state index contributed by atoms with van der Waals surface area (Å²) in [7, 11) is 2.14. The second-order valence-corrected chi connectivity index (χ2v) is 6.70. The van der Waals surface area contributed by atoms with E-state index in [1.807, 2.05) is 0 Å². The maximum atomic E-state index is 3.63. The Morgan fingerprint density at radius 3 is 2.43 bits per heavy atom. The van der Waals surface area contributed by atoms with E-state index >= 15 is 0 Å². The maximum absolute atomic E-state index is 3.63. The zero-order valence-electron chi connectivity index (χ0n) is 12.7. The van der Waals surface area contributed by atoms with E-state index in [4.69, 9.17) is 0 Å². The SMILES string of the molecule is CNC(CC1Cc2ccccc21)C1(c2ccccc2)CC1. The lowest BCUT2D eigenvalue weighted by Crippen LogP contribution is -2.40. The Morgan fingerprint density at radius 2 is 1.76 bits per heavy atom. The predicted molar refractivity (Wildman–Crippen MR) is 87.7 cm³/mol. The fraction of sp³-hybridized carbons (Fsp3) is 0.400. The van der Waals surface area contributed by atoms with Crippen molar-refractivity contribution in [2.24, 2.45) is 0 Å². The van der Waals surface area contributed by atoms with Crippen LogP contribution in [0.4, 0.5) is 0 Å². The first-order valence-electron chi connectivity index (χ1n) is 8.14. The predicted octanol–water partition coefficient (Wildman–Crippen LogP) is 4.04. The smallest absolute Gasteiger partial charge is 0.0167 e. The van der Waals surface area contributed by atoms with Crippen LogP contribution in [0.15, 0.2) is 54.6 Å². The standard InChI is InChI=1S/C20H23N/c1-21-19(14-16-13-15-7-5-6-10-18(15)16)20(11-12-20)17-8-3-2-4-9-17/h2-10,16,19,21H,11-14H2,1H3. The van der Waals surface area contributed by atoms with Crippen LogP contribution in [0.5, 0.6) is 0 Å². The summed E-state index contributed by atoms with van der Waals surface area (Å²) in [4.78, 5) is 0. The highest BCUT2D eigenvalue weighted by Gasteiger charge is 2.50. The van der Waals surface area contributed by atoms with E-state index in [0.717, 1.165) is 5.92 Å². The van der Waals surface area contributed by atoms with Crippen molar-refractivity contribution in [1.29, 1.82) is 0 Å². The summed E-state index contributed by atoms with van der Waals surface area (Å²) < 4.78 is 0. The highest BCUT2D eigenvalue weighted by molar-refractivity contribution is 5.41. The fourth-order valence-corrected chi connectivity index (χ4v) is 4.22. The quantitative estimate of drug-likeness (QED) is 0.870. The minimum Gasteiger partial charge on any atom is -0.316 e. The average Bonchev–Trinajstić information content (AvgIpc) is 3.31. The molecule has 2 unspecified atom stereocenters. The van der Waals surface area contributed by atoms with Gasteiger partial charge in [-0.2, -0.15) is 0 Å². The number of hydrogen-bond donors (Lipinski definition) is 1. The number of hydrogen-bond acceptors (Lipinski definition) is 1. The number of fused-ring (bicyclic) bond motifs is 1. The molecule has 0 bridgehead atoms. The van der Waals surface area contributed by atoms with Gasteiger partial charge in [0.25, 0.3) is 0 Å². The van der Waals surface area contributed by atoms with E-state index < -0.39 is 0 Å². The zero-order chi connectivity index (χ0) is 14.3. The molecule has 0 saturated heterocycles. The van der Waals surface area contributed by atoms with Crippen molar-refractivity contribution >= 4 is 0 Å². The molecule has 0 aromatic heterocycles. The van der Waals surface area contributed by atoms with Crippen LogP contribution >= 0.6 is 0 Å². The van der Waals surface area contributed by atoms with Gasteiger partial charge in [-0.15, -0.1) is 0 Å². The minimum absolute atomic E-state index is 0.389. The monoisotopic (exact) mass is 277 g/mol. The van der Waals surface area contributed by atoms with E-state index in [1.54, 1.807) is 11.1 Å². The number of nitrogens with one attached hydrogen (secondary N) is 1. The molecule has 4 rings (SSSR count). The molecule has 21 heavy (non-hydrogen) atoms. The summed E-state index contributed by atoms with van der Waals surface area (Å²) >= 11 is 0.